The second-order valence-corrected chi connectivity index (χ2v) is 7.18. The minimum Gasteiger partial charge on any atom is -0.495 e. The topological polar surface area (TPSA) is 73.3 Å². The number of hydrogen-bond donors (Lipinski definition) is 1. The summed E-state index contributed by atoms with van der Waals surface area (Å²) in [6, 6.07) is 15.0. The van der Waals surface area contributed by atoms with Gasteiger partial charge in [0, 0.05) is 12.7 Å². The molecular weight excluding hydrogens is 410 g/mol. The van der Waals surface area contributed by atoms with Crippen molar-refractivity contribution in [2.75, 3.05) is 13.4 Å². The maximum absolute atomic E-state index is 12.7. The summed E-state index contributed by atoms with van der Waals surface area (Å²) in [6.45, 7) is 0.602. The van der Waals surface area contributed by atoms with E-state index in [9.17, 15) is 4.79 Å². The van der Waals surface area contributed by atoms with E-state index in [1.807, 2.05) is 42.7 Å². The molecule has 1 amide bonds. The molecule has 0 aliphatic rings. The quantitative estimate of drug-likeness (QED) is 0.423. The Bertz CT molecular complexity index is 986. The van der Waals surface area contributed by atoms with Crippen molar-refractivity contribution in [3.05, 3.63) is 76.4 Å². The van der Waals surface area contributed by atoms with Crippen LogP contribution in [0.1, 0.15) is 21.5 Å². The van der Waals surface area contributed by atoms with Gasteiger partial charge in [-0.1, -0.05) is 59.8 Å². The predicted octanol–water partition coefficient (Wildman–Crippen LogP) is 4.37. The number of benzene rings is 2. The van der Waals surface area contributed by atoms with Crippen LogP contribution in [0.4, 0.5) is 0 Å². The van der Waals surface area contributed by atoms with Crippen LogP contribution in [0, 0.1) is 0 Å². The minimum atomic E-state index is -0.302. The number of rotatable bonds is 8. The Morgan fingerprint density at radius 3 is 2.66 bits per heavy atom. The zero-order valence-corrected chi connectivity index (χ0v) is 17.6. The number of nitrogens with one attached hydrogen (secondary N) is 1. The molecule has 29 heavy (non-hydrogen) atoms. The second kappa shape index (κ2) is 10.1. The first kappa shape index (κ1) is 21.0. The standard InChI is InChI=1S/C21H20ClN3O3S/c1-27-18-9-8-15(10-17(18)22)13-28-20-16(12-24-21(25-20)29-2)19(26)23-11-14-6-4-3-5-7-14/h3-10,12H,11,13H2,1-2H3,(H,23,26). The van der Waals surface area contributed by atoms with E-state index in [4.69, 9.17) is 21.1 Å². The van der Waals surface area contributed by atoms with Gasteiger partial charge in [-0.05, 0) is 29.5 Å². The Morgan fingerprint density at radius 2 is 1.97 bits per heavy atom. The van der Waals surface area contributed by atoms with E-state index in [1.165, 1.54) is 18.0 Å². The lowest BCUT2D eigenvalue weighted by atomic mass is 10.2. The highest BCUT2D eigenvalue weighted by Gasteiger charge is 2.16. The molecule has 0 atom stereocenters. The molecule has 1 N–H and O–H groups in total. The lowest BCUT2D eigenvalue weighted by Crippen LogP contribution is -2.24. The molecule has 3 aromatic rings. The van der Waals surface area contributed by atoms with Gasteiger partial charge in [-0.15, -0.1) is 0 Å². The fourth-order valence-electron chi connectivity index (χ4n) is 2.54. The zero-order chi connectivity index (χ0) is 20.6. The van der Waals surface area contributed by atoms with E-state index in [2.05, 4.69) is 15.3 Å². The Morgan fingerprint density at radius 1 is 1.17 bits per heavy atom. The monoisotopic (exact) mass is 429 g/mol. The van der Waals surface area contributed by atoms with Crippen LogP contribution in [-0.4, -0.2) is 29.2 Å². The van der Waals surface area contributed by atoms with E-state index in [0.29, 0.717) is 22.5 Å². The molecule has 1 heterocycles. The molecule has 0 saturated carbocycles. The van der Waals surface area contributed by atoms with E-state index < -0.39 is 0 Å². The molecule has 150 valence electrons. The number of halogens is 1. The van der Waals surface area contributed by atoms with Crippen LogP contribution in [0.15, 0.2) is 59.9 Å². The highest BCUT2D eigenvalue weighted by atomic mass is 35.5. The number of thioether (sulfide) groups is 1. The Labute approximate surface area is 178 Å². The van der Waals surface area contributed by atoms with E-state index in [-0.39, 0.29) is 24.0 Å². The van der Waals surface area contributed by atoms with Crippen molar-refractivity contribution in [1.29, 1.82) is 0 Å². The van der Waals surface area contributed by atoms with Gasteiger partial charge in [0.25, 0.3) is 5.91 Å². The van der Waals surface area contributed by atoms with Crippen LogP contribution >= 0.6 is 23.4 Å². The number of amides is 1. The zero-order valence-electron chi connectivity index (χ0n) is 16.0. The lowest BCUT2D eigenvalue weighted by Gasteiger charge is -2.12. The summed E-state index contributed by atoms with van der Waals surface area (Å²) >= 11 is 7.54. The van der Waals surface area contributed by atoms with Crippen molar-refractivity contribution < 1.29 is 14.3 Å². The molecule has 0 spiro atoms. The smallest absolute Gasteiger partial charge is 0.258 e. The van der Waals surface area contributed by atoms with Gasteiger partial charge in [0.2, 0.25) is 5.88 Å². The summed E-state index contributed by atoms with van der Waals surface area (Å²) in [6.07, 6.45) is 3.34. The van der Waals surface area contributed by atoms with Gasteiger partial charge in [0.1, 0.15) is 17.9 Å². The van der Waals surface area contributed by atoms with Gasteiger partial charge in [-0.25, -0.2) is 4.98 Å². The number of nitrogens with zero attached hydrogens (tertiary/aromatic N) is 2. The first-order valence-electron chi connectivity index (χ1n) is 8.79. The molecule has 1 aromatic heterocycles. The molecule has 0 fully saturated rings. The van der Waals surface area contributed by atoms with Crippen LogP contribution in [0.3, 0.4) is 0 Å². The normalized spacial score (nSPS) is 10.4. The summed E-state index contributed by atoms with van der Waals surface area (Å²) in [7, 11) is 1.56. The SMILES string of the molecule is COc1ccc(COc2nc(SC)ncc2C(=O)NCc2ccccc2)cc1Cl. The first-order valence-corrected chi connectivity index (χ1v) is 10.4. The maximum Gasteiger partial charge on any atom is 0.258 e. The number of methoxy groups -OCH3 is 1. The van der Waals surface area contributed by atoms with Gasteiger partial charge in [0.15, 0.2) is 5.16 Å². The molecule has 0 aliphatic carbocycles. The molecule has 3 rings (SSSR count). The lowest BCUT2D eigenvalue weighted by molar-refractivity contribution is 0.0944. The summed E-state index contributed by atoms with van der Waals surface area (Å²) in [5, 5.41) is 3.88. The number of ether oxygens (including phenoxy) is 2. The molecule has 0 bridgehead atoms. The van der Waals surface area contributed by atoms with Crippen molar-refractivity contribution in [3.8, 4) is 11.6 Å². The largest absolute Gasteiger partial charge is 0.495 e. The van der Waals surface area contributed by atoms with Crippen molar-refractivity contribution >= 4 is 29.3 Å². The molecule has 0 aliphatic heterocycles. The van der Waals surface area contributed by atoms with Crippen LogP contribution in [0.5, 0.6) is 11.6 Å². The predicted molar refractivity (Wildman–Crippen MR) is 114 cm³/mol. The van der Waals surface area contributed by atoms with Crippen LogP contribution in [0.25, 0.3) is 0 Å². The Balaban J connectivity index is 1.74. The summed E-state index contributed by atoms with van der Waals surface area (Å²) in [5.74, 6) is 0.509. The summed E-state index contributed by atoms with van der Waals surface area (Å²) in [5.41, 5.74) is 2.10. The molecular formula is C21H20ClN3O3S. The van der Waals surface area contributed by atoms with E-state index in [1.54, 1.807) is 19.2 Å². The van der Waals surface area contributed by atoms with Crippen molar-refractivity contribution in [1.82, 2.24) is 15.3 Å². The van der Waals surface area contributed by atoms with E-state index in [0.717, 1.165) is 11.1 Å². The van der Waals surface area contributed by atoms with Crippen molar-refractivity contribution in [2.45, 2.75) is 18.3 Å². The average Bonchev–Trinajstić information content (AvgIpc) is 2.76. The van der Waals surface area contributed by atoms with Gasteiger partial charge < -0.3 is 14.8 Å². The molecule has 2 aromatic carbocycles. The van der Waals surface area contributed by atoms with Crippen LogP contribution in [-0.2, 0) is 13.2 Å². The molecule has 6 nitrogen and oxygen atoms in total. The number of hydrogen-bond acceptors (Lipinski definition) is 6. The third-order valence-electron chi connectivity index (χ3n) is 4.05. The maximum atomic E-state index is 12.7. The van der Waals surface area contributed by atoms with Gasteiger partial charge in [-0.3, -0.25) is 4.79 Å². The molecule has 0 radical (unpaired) electrons. The highest BCUT2D eigenvalue weighted by Crippen LogP contribution is 2.26. The highest BCUT2D eigenvalue weighted by molar-refractivity contribution is 7.98. The van der Waals surface area contributed by atoms with Gasteiger partial charge >= 0.3 is 0 Å². The Kier molecular flexibility index (Phi) is 7.32. The molecule has 0 unspecified atom stereocenters. The minimum absolute atomic E-state index is 0.202. The molecule has 0 saturated heterocycles. The van der Waals surface area contributed by atoms with Crippen LogP contribution < -0.4 is 14.8 Å². The second-order valence-electron chi connectivity index (χ2n) is 6.00. The first-order chi connectivity index (χ1) is 14.1. The summed E-state index contributed by atoms with van der Waals surface area (Å²) < 4.78 is 11.0. The van der Waals surface area contributed by atoms with Crippen LogP contribution in [0.2, 0.25) is 5.02 Å². The number of aromatic nitrogens is 2. The Hall–Kier alpha value is -2.77. The number of carbonyl (C=O) groups excluding carboxylic acids is 1. The van der Waals surface area contributed by atoms with E-state index >= 15 is 0 Å². The third-order valence-corrected chi connectivity index (χ3v) is 4.90. The van der Waals surface area contributed by atoms with Gasteiger partial charge in [-0.2, -0.15) is 4.98 Å². The summed E-state index contributed by atoms with van der Waals surface area (Å²) in [4.78, 5) is 21.2. The van der Waals surface area contributed by atoms with Gasteiger partial charge in [0.05, 0.1) is 12.1 Å². The fraction of sp³-hybridized carbons (Fsp3) is 0.190. The number of carbonyl (C=O) groups is 1. The fourth-order valence-corrected chi connectivity index (χ4v) is 3.15. The van der Waals surface area contributed by atoms with Crippen molar-refractivity contribution in [2.24, 2.45) is 0 Å². The molecule has 8 heteroatoms. The third kappa shape index (κ3) is 5.62. The average molecular weight is 430 g/mol. The van der Waals surface area contributed by atoms with Crippen molar-refractivity contribution in [3.63, 3.8) is 0 Å².